The van der Waals surface area contributed by atoms with Gasteiger partial charge in [0.05, 0.1) is 0 Å². The zero-order chi connectivity index (χ0) is 14.7. The lowest BCUT2D eigenvalue weighted by Gasteiger charge is -2.37. The van der Waals surface area contributed by atoms with E-state index in [4.69, 9.17) is 0 Å². The van der Waals surface area contributed by atoms with Crippen LogP contribution < -0.4 is 0 Å². The number of carboxylic acid groups (broad SMARTS) is 1. The first-order chi connectivity index (χ1) is 9.52. The number of halogens is 1. The minimum atomic E-state index is -0.993. The monoisotopic (exact) mass is 279 g/mol. The van der Waals surface area contributed by atoms with Gasteiger partial charge >= 0.3 is 5.97 Å². The Labute approximate surface area is 117 Å². The topological polar surface area (TPSA) is 57.6 Å². The maximum absolute atomic E-state index is 13.2. The number of carbonyl (C=O) groups excluding carboxylic acids is 1. The van der Waals surface area contributed by atoms with Crippen LogP contribution in [0.25, 0.3) is 0 Å². The first kappa shape index (κ1) is 14.5. The van der Waals surface area contributed by atoms with Gasteiger partial charge in [0.15, 0.2) is 0 Å². The number of benzene rings is 1. The number of carboxylic acids is 1. The van der Waals surface area contributed by atoms with Crippen LogP contribution in [0.2, 0.25) is 0 Å². The second kappa shape index (κ2) is 6.03. The van der Waals surface area contributed by atoms with Crippen LogP contribution in [0.5, 0.6) is 0 Å². The third-order valence-electron chi connectivity index (χ3n) is 3.91. The molecule has 4 nitrogen and oxygen atoms in total. The van der Waals surface area contributed by atoms with Gasteiger partial charge in [0, 0.05) is 12.1 Å². The molecule has 20 heavy (non-hydrogen) atoms. The van der Waals surface area contributed by atoms with Crippen molar-refractivity contribution in [1.82, 2.24) is 4.90 Å². The van der Waals surface area contributed by atoms with E-state index in [0.717, 1.165) is 18.9 Å². The van der Waals surface area contributed by atoms with Crippen molar-refractivity contribution >= 4 is 11.9 Å². The summed E-state index contributed by atoms with van der Waals surface area (Å²) in [7, 11) is 0. The maximum Gasteiger partial charge on any atom is 0.326 e. The van der Waals surface area contributed by atoms with Crippen molar-refractivity contribution in [3.63, 3.8) is 0 Å². The SMILES string of the molecule is CCC1CCN(C(=O)c2cccc(F)c2)C(C(=O)O)C1. The van der Waals surface area contributed by atoms with E-state index in [1.54, 1.807) is 0 Å². The summed E-state index contributed by atoms with van der Waals surface area (Å²) in [5.41, 5.74) is 0.200. The van der Waals surface area contributed by atoms with Crippen molar-refractivity contribution in [3.8, 4) is 0 Å². The fourth-order valence-electron chi connectivity index (χ4n) is 2.67. The third kappa shape index (κ3) is 2.98. The molecule has 1 aromatic carbocycles. The summed E-state index contributed by atoms with van der Waals surface area (Å²) in [5.74, 6) is -1.57. The van der Waals surface area contributed by atoms with Crippen LogP contribution in [-0.4, -0.2) is 34.5 Å². The molecule has 0 spiro atoms. The first-order valence-corrected chi connectivity index (χ1v) is 6.82. The Morgan fingerprint density at radius 2 is 2.20 bits per heavy atom. The van der Waals surface area contributed by atoms with Crippen molar-refractivity contribution < 1.29 is 19.1 Å². The van der Waals surface area contributed by atoms with Crippen LogP contribution in [0.15, 0.2) is 24.3 Å². The van der Waals surface area contributed by atoms with Gasteiger partial charge in [0.25, 0.3) is 5.91 Å². The number of aliphatic carboxylic acids is 1. The molecule has 2 rings (SSSR count). The Morgan fingerprint density at radius 1 is 1.45 bits per heavy atom. The molecule has 1 fully saturated rings. The molecule has 0 bridgehead atoms. The molecule has 0 radical (unpaired) electrons. The summed E-state index contributed by atoms with van der Waals surface area (Å²) in [6, 6.07) is 4.56. The second-order valence-electron chi connectivity index (χ2n) is 5.16. The fraction of sp³-hybridized carbons (Fsp3) is 0.467. The van der Waals surface area contributed by atoms with E-state index in [2.05, 4.69) is 0 Å². The zero-order valence-corrected chi connectivity index (χ0v) is 11.4. The van der Waals surface area contributed by atoms with Crippen molar-refractivity contribution in [2.24, 2.45) is 5.92 Å². The molecular formula is C15H18FNO3. The molecule has 1 aliphatic rings. The highest BCUT2D eigenvalue weighted by molar-refractivity contribution is 5.96. The number of piperidine rings is 1. The Balaban J connectivity index is 2.21. The zero-order valence-electron chi connectivity index (χ0n) is 11.4. The quantitative estimate of drug-likeness (QED) is 0.925. The van der Waals surface area contributed by atoms with Gasteiger partial charge in [-0.1, -0.05) is 19.4 Å². The average molecular weight is 279 g/mol. The molecule has 108 valence electrons. The van der Waals surface area contributed by atoms with E-state index < -0.39 is 23.7 Å². The average Bonchev–Trinajstić information content (AvgIpc) is 2.45. The molecule has 5 heteroatoms. The molecule has 0 aromatic heterocycles. The van der Waals surface area contributed by atoms with Gasteiger partial charge in [0.1, 0.15) is 11.9 Å². The highest BCUT2D eigenvalue weighted by Crippen LogP contribution is 2.27. The number of amides is 1. The van der Waals surface area contributed by atoms with Gasteiger partial charge in [0.2, 0.25) is 0 Å². The second-order valence-corrected chi connectivity index (χ2v) is 5.16. The van der Waals surface area contributed by atoms with Crippen LogP contribution >= 0.6 is 0 Å². The van der Waals surface area contributed by atoms with E-state index in [0.29, 0.717) is 18.9 Å². The number of hydrogen-bond donors (Lipinski definition) is 1. The first-order valence-electron chi connectivity index (χ1n) is 6.82. The number of hydrogen-bond acceptors (Lipinski definition) is 2. The third-order valence-corrected chi connectivity index (χ3v) is 3.91. The fourth-order valence-corrected chi connectivity index (χ4v) is 2.67. The molecule has 2 atom stereocenters. The van der Waals surface area contributed by atoms with Gasteiger partial charge in [-0.3, -0.25) is 4.79 Å². The number of nitrogens with zero attached hydrogens (tertiary/aromatic N) is 1. The lowest BCUT2D eigenvalue weighted by atomic mass is 9.88. The normalized spacial score (nSPS) is 22.6. The Kier molecular flexibility index (Phi) is 4.37. The summed E-state index contributed by atoms with van der Waals surface area (Å²) in [4.78, 5) is 25.1. The number of rotatable bonds is 3. The Morgan fingerprint density at radius 3 is 2.80 bits per heavy atom. The van der Waals surface area contributed by atoms with E-state index in [-0.39, 0.29) is 5.56 Å². The van der Waals surface area contributed by atoms with E-state index in [1.807, 2.05) is 6.92 Å². The molecule has 0 aliphatic carbocycles. The largest absolute Gasteiger partial charge is 0.480 e. The van der Waals surface area contributed by atoms with Gasteiger partial charge in [-0.05, 0) is 37.0 Å². The van der Waals surface area contributed by atoms with Crippen LogP contribution in [0.3, 0.4) is 0 Å². The minimum Gasteiger partial charge on any atom is -0.480 e. The van der Waals surface area contributed by atoms with E-state index in [9.17, 15) is 19.1 Å². The van der Waals surface area contributed by atoms with Gasteiger partial charge in [-0.2, -0.15) is 0 Å². The standard InChI is InChI=1S/C15H18FNO3/c1-2-10-6-7-17(13(8-10)15(19)20)14(18)11-4-3-5-12(16)9-11/h3-5,9-10,13H,2,6-8H2,1H3,(H,19,20). The van der Waals surface area contributed by atoms with Crippen LogP contribution in [0.4, 0.5) is 4.39 Å². The number of likely N-dealkylation sites (tertiary alicyclic amines) is 1. The van der Waals surface area contributed by atoms with Crippen molar-refractivity contribution in [2.75, 3.05) is 6.54 Å². The van der Waals surface area contributed by atoms with Gasteiger partial charge in [-0.25, -0.2) is 9.18 Å². The molecule has 1 aromatic rings. The molecule has 1 saturated heterocycles. The summed E-state index contributed by atoms with van der Waals surface area (Å²) in [5, 5.41) is 9.30. The van der Waals surface area contributed by atoms with Crippen molar-refractivity contribution in [1.29, 1.82) is 0 Å². The highest BCUT2D eigenvalue weighted by atomic mass is 19.1. The lowest BCUT2D eigenvalue weighted by Crippen LogP contribution is -2.50. The smallest absolute Gasteiger partial charge is 0.326 e. The van der Waals surface area contributed by atoms with Gasteiger partial charge in [-0.15, -0.1) is 0 Å². The van der Waals surface area contributed by atoms with Crippen molar-refractivity contribution in [3.05, 3.63) is 35.6 Å². The molecule has 2 unspecified atom stereocenters. The minimum absolute atomic E-state index is 0.200. The molecule has 0 saturated carbocycles. The van der Waals surface area contributed by atoms with E-state index in [1.165, 1.54) is 23.1 Å². The highest BCUT2D eigenvalue weighted by Gasteiger charge is 2.35. The predicted molar refractivity (Wildman–Crippen MR) is 71.9 cm³/mol. The molecular weight excluding hydrogens is 261 g/mol. The van der Waals surface area contributed by atoms with Crippen molar-refractivity contribution in [2.45, 2.75) is 32.2 Å². The van der Waals surface area contributed by atoms with Crippen LogP contribution in [-0.2, 0) is 4.79 Å². The molecule has 1 amide bonds. The Hall–Kier alpha value is -1.91. The molecule has 1 aliphatic heterocycles. The van der Waals surface area contributed by atoms with Crippen LogP contribution in [0.1, 0.15) is 36.5 Å². The molecule has 1 N–H and O–H groups in total. The summed E-state index contributed by atoms with van der Waals surface area (Å²) in [6.07, 6.45) is 2.17. The molecule has 1 heterocycles. The summed E-state index contributed by atoms with van der Waals surface area (Å²) >= 11 is 0. The Bertz CT molecular complexity index is 518. The number of carbonyl (C=O) groups is 2. The maximum atomic E-state index is 13.2. The van der Waals surface area contributed by atoms with E-state index >= 15 is 0 Å². The summed E-state index contributed by atoms with van der Waals surface area (Å²) < 4.78 is 13.2. The van der Waals surface area contributed by atoms with Gasteiger partial charge < -0.3 is 10.0 Å². The summed E-state index contributed by atoms with van der Waals surface area (Å²) in [6.45, 7) is 2.43. The lowest BCUT2D eigenvalue weighted by molar-refractivity contribution is -0.144. The van der Waals surface area contributed by atoms with Crippen LogP contribution in [0, 0.1) is 11.7 Å². The predicted octanol–water partition coefficient (Wildman–Crippen LogP) is 2.54.